The van der Waals surface area contributed by atoms with E-state index >= 15 is 0 Å². The largest absolute Gasteiger partial charge is 0.494 e. The number of sulfonamides is 1. The van der Waals surface area contributed by atoms with Crippen LogP contribution in [0.5, 0.6) is 5.75 Å². The van der Waals surface area contributed by atoms with Crippen LogP contribution in [0, 0.1) is 6.92 Å². The number of halogens is 1. The molecular formula is C26H25ClN2O3S2. The summed E-state index contributed by atoms with van der Waals surface area (Å²) in [7, 11) is -3.47. The van der Waals surface area contributed by atoms with Crippen LogP contribution in [0.3, 0.4) is 0 Å². The number of nitrogens with zero attached hydrogens (tertiary/aromatic N) is 1. The van der Waals surface area contributed by atoms with Gasteiger partial charge in [0.25, 0.3) is 0 Å². The molecule has 0 aliphatic carbocycles. The number of rotatable bonds is 10. The van der Waals surface area contributed by atoms with Crippen molar-refractivity contribution in [1.82, 2.24) is 9.71 Å². The summed E-state index contributed by atoms with van der Waals surface area (Å²) in [6.45, 7) is 2.82. The topological polar surface area (TPSA) is 68.3 Å². The molecule has 0 saturated carbocycles. The van der Waals surface area contributed by atoms with Gasteiger partial charge in [-0.05, 0) is 68.3 Å². The normalized spacial score (nSPS) is 11.5. The number of thiazole rings is 1. The lowest BCUT2D eigenvalue weighted by molar-refractivity contribution is 0.307. The SMILES string of the molecule is Cc1ccc(S(=O)(=O)NCCCCOc2ccc(-c3nc(-c4ccc(Cl)cc4)cs3)cc2)cc1. The molecule has 5 nitrogen and oxygen atoms in total. The Balaban J connectivity index is 1.22. The Morgan fingerprint density at radius 3 is 2.29 bits per heavy atom. The number of hydrogen-bond acceptors (Lipinski definition) is 5. The van der Waals surface area contributed by atoms with Crippen molar-refractivity contribution in [2.45, 2.75) is 24.7 Å². The Bertz CT molecular complexity index is 1320. The summed E-state index contributed by atoms with van der Waals surface area (Å²) in [6.07, 6.45) is 1.44. The van der Waals surface area contributed by atoms with E-state index in [1.165, 1.54) is 0 Å². The average molecular weight is 513 g/mol. The monoisotopic (exact) mass is 512 g/mol. The van der Waals surface area contributed by atoms with E-state index in [0.717, 1.165) is 39.6 Å². The van der Waals surface area contributed by atoms with Crippen molar-refractivity contribution < 1.29 is 13.2 Å². The van der Waals surface area contributed by atoms with Crippen LogP contribution in [-0.4, -0.2) is 26.6 Å². The fourth-order valence-corrected chi connectivity index (χ4v) is 5.31. The first-order chi connectivity index (χ1) is 16.4. The third-order valence-electron chi connectivity index (χ3n) is 5.21. The summed E-state index contributed by atoms with van der Waals surface area (Å²) in [5.74, 6) is 0.776. The van der Waals surface area contributed by atoms with Crippen molar-refractivity contribution in [3.63, 3.8) is 0 Å². The van der Waals surface area contributed by atoms with Crippen molar-refractivity contribution in [1.29, 1.82) is 0 Å². The van der Waals surface area contributed by atoms with E-state index in [-0.39, 0.29) is 4.90 Å². The van der Waals surface area contributed by atoms with Crippen molar-refractivity contribution >= 4 is 33.0 Å². The highest BCUT2D eigenvalue weighted by Gasteiger charge is 2.12. The Hall–Kier alpha value is -2.71. The van der Waals surface area contributed by atoms with Crippen LogP contribution in [-0.2, 0) is 10.0 Å². The van der Waals surface area contributed by atoms with Gasteiger partial charge in [0.1, 0.15) is 10.8 Å². The van der Waals surface area contributed by atoms with E-state index in [0.29, 0.717) is 24.6 Å². The van der Waals surface area contributed by atoms with Crippen LogP contribution in [0.1, 0.15) is 18.4 Å². The lowest BCUT2D eigenvalue weighted by Crippen LogP contribution is -2.25. The van der Waals surface area contributed by atoms with Crippen LogP contribution in [0.2, 0.25) is 5.02 Å². The van der Waals surface area contributed by atoms with Crippen LogP contribution >= 0.6 is 22.9 Å². The van der Waals surface area contributed by atoms with E-state index in [4.69, 9.17) is 21.3 Å². The second kappa shape index (κ2) is 11.1. The molecule has 0 atom stereocenters. The number of unbranched alkanes of at least 4 members (excludes halogenated alkanes) is 1. The van der Waals surface area contributed by atoms with Gasteiger partial charge in [0, 0.05) is 28.1 Å². The van der Waals surface area contributed by atoms with Gasteiger partial charge >= 0.3 is 0 Å². The molecule has 0 aliphatic heterocycles. The molecule has 0 bridgehead atoms. The summed E-state index contributed by atoms with van der Waals surface area (Å²) >= 11 is 7.56. The predicted molar refractivity (Wildman–Crippen MR) is 139 cm³/mol. The van der Waals surface area contributed by atoms with Crippen molar-refractivity contribution in [3.05, 3.63) is 88.8 Å². The first-order valence-corrected chi connectivity index (χ1v) is 13.7. The molecular weight excluding hydrogens is 488 g/mol. The summed E-state index contributed by atoms with van der Waals surface area (Å²) in [6, 6.07) is 22.3. The number of aromatic nitrogens is 1. The maximum Gasteiger partial charge on any atom is 0.240 e. The maximum atomic E-state index is 12.3. The lowest BCUT2D eigenvalue weighted by atomic mass is 10.2. The van der Waals surface area contributed by atoms with Gasteiger partial charge in [0.05, 0.1) is 17.2 Å². The van der Waals surface area contributed by atoms with Gasteiger partial charge in [0.2, 0.25) is 10.0 Å². The molecule has 0 aliphatic rings. The Kier molecular flexibility index (Phi) is 8.00. The highest BCUT2D eigenvalue weighted by atomic mass is 35.5. The average Bonchev–Trinajstić information content (AvgIpc) is 3.33. The zero-order chi connectivity index (χ0) is 24.0. The minimum atomic E-state index is -3.47. The quantitative estimate of drug-likeness (QED) is 0.244. The third-order valence-corrected chi connectivity index (χ3v) is 7.83. The van der Waals surface area contributed by atoms with Crippen LogP contribution in [0.25, 0.3) is 21.8 Å². The van der Waals surface area contributed by atoms with Gasteiger partial charge in [-0.1, -0.05) is 41.4 Å². The fourth-order valence-electron chi connectivity index (χ4n) is 3.28. The Morgan fingerprint density at radius 2 is 1.59 bits per heavy atom. The summed E-state index contributed by atoms with van der Waals surface area (Å²) in [5, 5.41) is 3.69. The minimum Gasteiger partial charge on any atom is -0.494 e. The number of hydrogen-bond donors (Lipinski definition) is 1. The number of benzene rings is 3. The fraction of sp³-hybridized carbons (Fsp3) is 0.192. The summed E-state index contributed by atoms with van der Waals surface area (Å²) in [4.78, 5) is 5.02. The maximum absolute atomic E-state index is 12.3. The van der Waals surface area contributed by atoms with Crippen LogP contribution in [0.4, 0.5) is 0 Å². The second-order valence-electron chi connectivity index (χ2n) is 7.84. The number of nitrogens with one attached hydrogen (secondary N) is 1. The molecule has 0 radical (unpaired) electrons. The minimum absolute atomic E-state index is 0.287. The van der Waals surface area contributed by atoms with Gasteiger partial charge < -0.3 is 4.74 Å². The van der Waals surface area contributed by atoms with E-state index in [9.17, 15) is 8.42 Å². The first kappa shape index (κ1) is 24.4. The van der Waals surface area contributed by atoms with Gasteiger partial charge in [-0.3, -0.25) is 0 Å². The summed E-state index contributed by atoms with van der Waals surface area (Å²) < 4.78 is 33.0. The summed E-state index contributed by atoms with van der Waals surface area (Å²) in [5.41, 5.74) is 4.02. The van der Waals surface area contributed by atoms with Crippen molar-refractivity contribution in [3.8, 4) is 27.6 Å². The molecule has 0 saturated heterocycles. The van der Waals surface area contributed by atoms with Crippen LogP contribution in [0.15, 0.2) is 83.1 Å². The third kappa shape index (κ3) is 6.45. The van der Waals surface area contributed by atoms with E-state index < -0.39 is 10.0 Å². The first-order valence-electron chi connectivity index (χ1n) is 10.9. The van der Waals surface area contributed by atoms with Gasteiger partial charge in [0.15, 0.2) is 0 Å². The molecule has 1 N–H and O–H groups in total. The molecule has 0 unspecified atom stereocenters. The molecule has 1 heterocycles. The smallest absolute Gasteiger partial charge is 0.240 e. The van der Waals surface area contributed by atoms with E-state index in [1.807, 2.05) is 60.8 Å². The zero-order valence-corrected chi connectivity index (χ0v) is 21.1. The molecule has 0 amide bonds. The van der Waals surface area contributed by atoms with E-state index in [1.54, 1.807) is 35.6 Å². The van der Waals surface area contributed by atoms with Crippen molar-refractivity contribution in [2.75, 3.05) is 13.2 Å². The van der Waals surface area contributed by atoms with Gasteiger partial charge in [-0.15, -0.1) is 11.3 Å². The Morgan fingerprint density at radius 1 is 0.912 bits per heavy atom. The zero-order valence-electron chi connectivity index (χ0n) is 18.7. The van der Waals surface area contributed by atoms with Gasteiger partial charge in [-0.2, -0.15) is 0 Å². The van der Waals surface area contributed by atoms with E-state index in [2.05, 4.69) is 4.72 Å². The standard InChI is InChI=1S/C26H25ClN2O3S2/c1-19-4-14-24(15-5-19)34(30,31)28-16-2-3-17-32-23-12-8-21(9-13-23)26-29-25(18-33-26)20-6-10-22(27)11-7-20/h4-15,18,28H,2-3,16-17H2,1H3. The van der Waals surface area contributed by atoms with Crippen molar-refractivity contribution in [2.24, 2.45) is 0 Å². The number of aryl methyl sites for hydroxylation is 1. The highest BCUT2D eigenvalue weighted by molar-refractivity contribution is 7.89. The van der Waals surface area contributed by atoms with Crippen LogP contribution < -0.4 is 9.46 Å². The lowest BCUT2D eigenvalue weighted by Gasteiger charge is -2.08. The molecule has 3 aromatic carbocycles. The highest BCUT2D eigenvalue weighted by Crippen LogP contribution is 2.30. The molecule has 4 rings (SSSR count). The predicted octanol–water partition coefficient (Wildman–Crippen LogP) is 6.58. The molecule has 1 aromatic heterocycles. The second-order valence-corrected chi connectivity index (χ2v) is 10.9. The number of ether oxygens (including phenoxy) is 1. The molecule has 0 spiro atoms. The van der Waals surface area contributed by atoms with Gasteiger partial charge in [-0.25, -0.2) is 18.1 Å². The molecule has 34 heavy (non-hydrogen) atoms. The molecule has 4 aromatic rings. The molecule has 0 fully saturated rings. The Labute approximate surface area is 209 Å². The molecule has 8 heteroatoms. The molecule has 176 valence electrons.